The standard InChI is InChI=1S/C12H12BrFN2O/c1-2-16-8-15-6-10(16)7-17-12-4-3-9(14)5-11(12)13/h3-6,8H,2,7H2,1H3. The predicted molar refractivity (Wildman–Crippen MR) is 66.3 cm³/mol. The molecule has 0 radical (unpaired) electrons. The number of halogens is 2. The molecule has 0 atom stereocenters. The smallest absolute Gasteiger partial charge is 0.134 e. The molecule has 0 saturated carbocycles. The second-order valence-electron chi connectivity index (χ2n) is 3.53. The fourth-order valence-corrected chi connectivity index (χ4v) is 1.96. The number of hydrogen-bond acceptors (Lipinski definition) is 2. The molecular formula is C12H12BrFN2O. The van der Waals surface area contributed by atoms with E-state index in [1.165, 1.54) is 12.1 Å². The van der Waals surface area contributed by atoms with Gasteiger partial charge in [-0.1, -0.05) is 0 Å². The van der Waals surface area contributed by atoms with Gasteiger partial charge < -0.3 is 9.30 Å². The molecule has 0 aliphatic carbocycles. The van der Waals surface area contributed by atoms with E-state index in [0.717, 1.165) is 12.2 Å². The fourth-order valence-electron chi connectivity index (χ4n) is 1.50. The molecule has 90 valence electrons. The van der Waals surface area contributed by atoms with Crippen LogP contribution < -0.4 is 4.74 Å². The topological polar surface area (TPSA) is 27.1 Å². The lowest BCUT2D eigenvalue weighted by atomic mass is 10.3. The van der Waals surface area contributed by atoms with Gasteiger partial charge >= 0.3 is 0 Å². The highest BCUT2D eigenvalue weighted by molar-refractivity contribution is 9.10. The predicted octanol–water partition coefficient (Wildman–Crippen LogP) is 3.38. The van der Waals surface area contributed by atoms with Gasteiger partial charge in [-0.25, -0.2) is 9.37 Å². The lowest BCUT2D eigenvalue weighted by Crippen LogP contribution is -2.04. The van der Waals surface area contributed by atoms with Crippen LogP contribution in [0.25, 0.3) is 0 Å². The highest BCUT2D eigenvalue weighted by Crippen LogP contribution is 2.26. The summed E-state index contributed by atoms with van der Waals surface area (Å²) in [7, 11) is 0. The average molecular weight is 299 g/mol. The molecule has 0 saturated heterocycles. The minimum absolute atomic E-state index is 0.289. The maximum atomic E-state index is 12.9. The van der Waals surface area contributed by atoms with Gasteiger partial charge in [0.1, 0.15) is 18.2 Å². The summed E-state index contributed by atoms with van der Waals surface area (Å²) in [5.41, 5.74) is 0.990. The molecule has 0 bridgehead atoms. The van der Waals surface area contributed by atoms with E-state index in [0.29, 0.717) is 16.8 Å². The van der Waals surface area contributed by atoms with Crippen LogP contribution in [-0.2, 0) is 13.2 Å². The summed E-state index contributed by atoms with van der Waals surface area (Å²) in [4.78, 5) is 4.05. The number of rotatable bonds is 4. The first-order valence-electron chi connectivity index (χ1n) is 5.27. The van der Waals surface area contributed by atoms with Gasteiger partial charge in [0.05, 0.1) is 22.7 Å². The summed E-state index contributed by atoms with van der Waals surface area (Å²) >= 11 is 3.26. The maximum Gasteiger partial charge on any atom is 0.134 e. The fraction of sp³-hybridized carbons (Fsp3) is 0.250. The van der Waals surface area contributed by atoms with Crippen molar-refractivity contribution in [2.45, 2.75) is 20.1 Å². The second-order valence-corrected chi connectivity index (χ2v) is 4.39. The largest absolute Gasteiger partial charge is 0.486 e. The van der Waals surface area contributed by atoms with E-state index in [2.05, 4.69) is 20.9 Å². The van der Waals surface area contributed by atoms with Crippen molar-refractivity contribution in [1.82, 2.24) is 9.55 Å². The molecule has 1 aromatic heterocycles. The Balaban J connectivity index is 2.07. The van der Waals surface area contributed by atoms with Gasteiger partial charge in [-0.3, -0.25) is 0 Å². The molecule has 0 aliphatic heterocycles. The van der Waals surface area contributed by atoms with Crippen LogP contribution in [-0.4, -0.2) is 9.55 Å². The molecule has 0 aliphatic rings. The van der Waals surface area contributed by atoms with E-state index in [1.807, 2.05) is 11.5 Å². The Hall–Kier alpha value is -1.36. The van der Waals surface area contributed by atoms with Gasteiger partial charge in [0.2, 0.25) is 0 Å². The number of benzene rings is 1. The van der Waals surface area contributed by atoms with Crippen LogP contribution in [0.2, 0.25) is 0 Å². The van der Waals surface area contributed by atoms with E-state index in [-0.39, 0.29) is 5.82 Å². The van der Waals surface area contributed by atoms with Crippen molar-refractivity contribution in [2.75, 3.05) is 0 Å². The number of nitrogens with zero attached hydrogens (tertiary/aromatic N) is 2. The highest BCUT2D eigenvalue weighted by atomic mass is 79.9. The number of imidazole rings is 1. The molecule has 5 heteroatoms. The summed E-state index contributed by atoms with van der Waals surface area (Å²) in [5, 5.41) is 0. The number of aromatic nitrogens is 2. The Kier molecular flexibility index (Phi) is 3.78. The van der Waals surface area contributed by atoms with E-state index in [9.17, 15) is 4.39 Å². The van der Waals surface area contributed by atoms with Crippen LogP contribution in [0.1, 0.15) is 12.6 Å². The lowest BCUT2D eigenvalue weighted by molar-refractivity contribution is 0.293. The molecule has 2 rings (SSSR count). The van der Waals surface area contributed by atoms with Crippen molar-refractivity contribution in [3.05, 3.63) is 46.7 Å². The minimum Gasteiger partial charge on any atom is -0.486 e. The molecule has 0 amide bonds. The molecule has 1 heterocycles. The molecule has 2 aromatic rings. The molecular weight excluding hydrogens is 287 g/mol. The second kappa shape index (κ2) is 5.31. The quantitative estimate of drug-likeness (QED) is 0.865. The van der Waals surface area contributed by atoms with Crippen molar-refractivity contribution < 1.29 is 9.13 Å². The Labute approximate surface area is 107 Å². The van der Waals surface area contributed by atoms with Crippen molar-refractivity contribution in [2.24, 2.45) is 0 Å². The third-order valence-corrected chi connectivity index (χ3v) is 3.03. The summed E-state index contributed by atoms with van der Waals surface area (Å²) in [5.74, 6) is 0.332. The number of aryl methyl sites for hydroxylation is 1. The van der Waals surface area contributed by atoms with E-state index in [1.54, 1.807) is 18.6 Å². The van der Waals surface area contributed by atoms with Gasteiger partial charge in [-0.15, -0.1) is 0 Å². The maximum absolute atomic E-state index is 12.9. The van der Waals surface area contributed by atoms with Gasteiger partial charge in [0, 0.05) is 6.54 Å². The van der Waals surface area contributed by atoms with E-state index >= 15 is 0 Å². The Bertz CT molecular complexity index is 513. The van der Waals surface area contributed by atoms with Crippen molar-refractivity contribution in [3.8, 4) is 5.75 Å². The number of ether oxygens (including phenoxy) is 1. The summed E-state index contributed by atoms with van der Waals surface area (Å²) in [6.45, 7) is 3.31. The Morgan fingerprint density at radius 3 is 3.00 bits per heavy atom. The van der Waals surface area contributed by atoms with Crippen LogP contribution in [0, 0.1) is 5.82 Å². The first-order valence-corrected chi connectivity index (χ1v) is 6.07. The van der Waals surface area contributed by atoms with Gasteiger partial charge in [0.25, 0.3) is 0 Å². The van der Waals surface area contributed by atoms with Crippen LogP contribution in [0.4, 0.5) is 4.39 Å². The molecule has 0 spiro atoms. The van der Waals surface area contributed by atoms with Crippen molar-refractivity contribution in [3.63, 3.8) is 0 Å². The SMILES string of the molecule is CCn1cncc1COc1ccc(F)cc1Br. The molecule has 0 fully saturated rings. The normalized spacial score (nSPS) is 10.5. The molecule has 0 unspecified atom stereocenters. The summed E-state index contributed by atoms with van der Waals surface area (Å²) < 4.78 is 21.1. The van der Waals surface area contributed by atoms with Gasteiger partial charge in [0.15, 0.2) is 0 Å². The van der Waals surface area contributed by atoms with Crippen molar-refractivity contribution >= 4 is 15.9 Å². The Morgan fingerprint density at radius 2 is 2.29 bits per heavy atom. The lowest BCUT2D eigenvalue weighted by Gasteiger charge is -2.09. The summed E-state index contributed by atoms with van der Waals surface area (Å²) in [6.07, 6.45) is 3.53. The molecule has 3 nitrogen and oxygen atoms in total. The zero-order valence-corrected chi connectivity index (χ0v) is 10.9. The highest BCUT2D eigenvalue weighted by Gasteiger charge is 2.05. The minimum atomic E-state index is -0.289. The van der Waals surface area contributed by atoms with E-state index < -0.39 is 0 Å². The van der Waals surface area contributed by atoms with Crippen LogP contribution >= 0.6 is 15.9 Å². The van der Waals surface area contributed by atoms with E-state index in [4.69, 9.17) is 4.74 Å². The van der Waals surface area contributed by atoms with Gasteiger partial charge in [-0.2, -0.15) is 0 Å². The van der Waals surface area contributed by atoms with Crippen LogP contribution in [0.3, 0.4) is 0 Å². The Morgan fingerprint density at radius 1 is 1.47 bits per heavy atom. The third-order valence-electron chi connectivity index (χ3n) is 2.41. The van der Waals surface area contributed by atoms with Crippen molar-refractivity contribution in [1.29, 1.82) is 0 Å². The number of hydrogen-bond donors (Lipinski definition) is 0. The van der Waals surface area contributed by atoms with Crippen LogP contribution in [0.15, 0.2) is 35.2 Å². The first-order chi connectivity index (χ1) is 8.20. The van der Waals surface area contributed by atoms with Crippen LogP contribution in [0.5, 0.6) is 5.75 Å². The molecule has 1 aromatic carbocycles. The zero-order chi connectivity index (χ0) is 12.3. The molecule has 0 N–H and O–H groups in total. The summed E-state index contributed by atoms with van der Waals surface area (Å²) in [6, 6.07) is 4.36. The molecule has 17 heavy (non-hydrogen) atoms. The zero-order valence-electron chi connectivity index (χ0n) is 9.36. The average Bonchev–Trinajstić information content (AvgIpc) is 2.75. The monoisotopic (exact) mass is 298 g/mol. The van der Waals surface area contributed by atoms with Gasteiger partial charge in [-0.05, 0) is 41.1 Å². The first kappa shape index (κ1) is 12.1. The third kappa shape index (κ3) is 2.85.